The van der Waals surface area contributed by atoms with E-state index >= 15 is 0 Å². The summed E-state index contributed by atoms with van der Waals surface area (Å²) in [6, 6.07) is 5.75. The van der Waals surface area contributed by atoms with Crippen LogP contribution in [0, 0.1) is 28.8 Å². The molecule has 1 heterocycles. The van der Waals surface area contributed by atoms with Gasteiger partial charge in [0.25, 0.3) is 0 Å². The predicted molar refractivity (Wildman–Crippen MR) is 66.4 cm³/mol. The number of benzene rings is 1. The second-order valence-electron chi connectivity index (χ2n) is 3.72. The Balaban J connectivity index is 2.37. The van der Waals surface area contributed by atoms with Gasteiger partial charge in [-0.05, 0) is 18.2 Å². The van der Waals surface area contributed by atoms with Crippen LogP contribution >= 0.6 is 0 Å². The van der Waals surface area contributed by atoms with Crippen LogP contribution in [0.5, 0.6) is 0 Å². The van der Waals surface area contributed by atoms with E-state index < -0.39 is 17.5 Å². The second kappa shape index (κ2) is 5.46. The first-order valence-electron chi connectivity index (χ1n) is 5.34. The minimum absolute atomic E-state index is 0.213. The van der Waals surface area contributed by atoms with Gasteiger partial charge in [0.05, 0.1) is 5.56 Å². The molecule has 0 saturated carbocycles. The molecule has 1 aromatic heterocycles. The summed E-state index contributed by atoms with van der Waals surface area (Å²) in [5.41, 5.74) is 1.99. The summed E-state index contributed by atoms with van der Waals surface area (Å²) in [6.45, 7) is 0. The fourth-order valence-electron chi connectivity index (χ4n) is 1.48. The van der Waals surface area contributed by atoms with E-state index in [1.54, 1.807) is 6.07 Å². The lowest BCUT2D eigenvalue weighted by molar-refractivity contribution is 0.579. The molecule has 0 aliphatic rings. The molecular weight excluding hydrogens is 271 g/mol. The third kappa shape index (κ3) is 2.62. The summed E-state index contributed by atoms with van der Waals surface area (Å²) in [5, 5.41) is 11.2. The molecule has 0 saturated heterocycles. The van der Waals surface area contributed by atoms with Crippen molar-refractivity contribution in [3.05, 3.63) is 47.3 Å². The first-order chi connectivity index (χ1) is 9.55. The van der Waals surface area contributed by atoms with Crippen molar-refractivity contribution in [2.24, 2.45) is 5.84 Å². The lowest BCUT2D eigenvalue weighted by Crippen LogP contribution is -2.12. The van der Waals surface area contributed by atoms with Crippen molar-refractivity contribution >= 4 is 17.3 Å². The van der Waals surface area contributed by atoms with Crippen molar-refractivity contribution in [2.75, 3.05) is 10.7 Å². The highest BCUT2D eigenvalue weighted by Gasteiger charge is 2.12. The number of pyridine rings is 1. The number of nitrogens with one attached hydrogen (secondary N) is 2. The predicted octanol–water partition coefficient (Wildman–Crippen LogP) is 2.40. The molecule has 2 aromatic rings. The number of hydrogen-bond acceptors (Lipinski definition) is 5. The number of nitriles is 1. The van der Waals surface area contributed by atoms with Gasteiger partial charge in [0.15, 0.2) is 23.3 Å². The summed E-state index contributed by atoms with van der Waals surface area (Å²) >= 11 is 0. The summed E-state index contributed by atoms with van der Waals surface area (Å²) in [5.74, 6) is 1.77. The molecule has 4 N–H and O–H groups in total. The molecule has 102 valence electrons. The van der Waals surface area contributed by atoms with Crippen LogP contribution in [0.25, 0.3) is 0 Å². The molecule has 20 heavy (non-hydrogen) atoms. The minimum atomic E-state index is -0.954. The van der Waals surface area contributed by atoms with Crippen molar-refractivity contribution in [1.29, 1.82) is 5.26 Å². The lowest BCUT2D eigenvalue weighted by Gasteiger charge is -2.09. The van der Waals surface area contributed by atoms with Gasteiger partial charge in [0.2, 0.25) is 0 Å². The molecule has 5 nitrogen and oxygen atoms in total. The maximum atomic E-state index is 13.5. The maximum Gasteiger partial charge on any atom is 0.178 e. The molecule has 0 amide bonds. The van der Waals surface area contributed by atoms with Crippen molar-refractivity contribution < 1.29 is 13.2 Å². The first-order valence-corrected chi connectivity index (χ1v) is 5.34. The summed E-state index contributed by atoms with van der Waals surface area (Å²) in [4.78, 5) is 3.59. The Morgan fingerprint density at radius 1 is 1.05 bits per heavy atom. The molecule has 8 heteroatoms. The monoisotopic (exact) mass is 279 g/mol. The highest BCUT2D eigenvalue weighted by molar-refractivity contribution is 5.60. The van der Waals surface area contributed by atoms with Crippen molar-refractivity contribution in [3.8, 4) is 6.07 Å². The number of nitrogens with two attached hydrogens (primary N) is 1. The summed E-state index contributed by atoms with van der Waals surface area (Å²) < 4.78 is 39.9. The number of halogens is 3. The van der Waals surface area contributed by atoms with Crippen LogP contribution < -0.4 is 16.6 Å². The Kier molecular flexibility index (Phi) is 3.72. The highest BCUT2D eigenvalue weighted by Crippen LogP contribution is 2.23. The zero-order valence-electron chi connectivity index (χ0n) is 9.92. The second-order valence-corrected chi connectivity index (χ2v) is 3.72. The van der Waals surface area contributed by atoms with Crippen molar-refractivity contribution in [1.82, 2.24) is 4.98 Å². The normalized spacial score (nSPS) is 9.95. The quantitative estimate of drug-likeness (QED) is 0.593. The van der Waals surface area contributed by atoms with E-state index in [0.29, 0.717) is 6.07 Å². The maximum absolute atomic E-state index is 13.5. The Labute approximate surface area is 111 Å². The molecular formula is C12H8F3N5. The fraction of sp³-hybridized carbons (Fsp3) is 0. The number of anilines is 3. The van der Waals surface area contributed by atoms with E-state index in [9.17, 15) is 13.2 Å². The number of rotatable bonds is 3. The summed E-state index contributed by atoms with van der Waals surface area (Å²) in [7, 11) is 0. The SMILES string of the molecule is N#Cc1cc(Nc2nc(NN)c(F)cc2F)ccc1F. The van der Waals surface area contributed by atoms with Crippen LogP contribution in [0.3, 0.4) is 0 Å². The molecule has 0 radical (unpaired) electrons. The molecule has 0 bridgehead atoms. The van der Waals surface area contributed by atoms with E-state index in [-0.39, 0.29) is 22.9 Å². The molecule has 2 rings (SSSR count). The molecule has 0 unspecified atom stereocenters. The lowest BCUT2D eigenvalue weighted by atomic mass is 10.2. The van der Waals surface area contributed by atoms with Gasteiger partial charge in [0, 0.05) is 11.8 Å². The largest absolute Gasteiger partial charge is 0.338 e. The summed E-state index contributed by atoms with van der Waals surface area (Å²) in [6.07, 6.45) is 0. The standard InChI is InChI=1S/C12H8F3N5/c13-8-2-1-7(3-6(8)5-16)18-11-9(14)4-10(15)12(19-11)20-17/h1-4H,17H2,(H2,18,19,20). The number of nitrogen functional groups attached to an aromatic ring is 1. The fourth-order valence-corrected chi connectivity index (χ4v) is 1.48. The Morgan fingerprint density at radius 3 is 2.40 bits per heavy atom. The topological polar surface area (TPSA) is 86.8 Å². The minimum Gasteiger partial charge on any atom is -0.338 e. The van der Waals surface area contributed by atoms with Gasteiger partial charge in [-0.15, -0.1) is 0 Å². The van der Waals surface area contributed by atoms with Crippen LogP contribution in [-0.2, 0) is 0 Å². The van der Waals surface area contributed by atoms with E-state index in [0.717, 1.165) is 6.07 Å². The Bertz CT molecular complexity index is 696. The first kappa shape index (κ1) is 13.6. The average molecular weight is 279 g/mol. The van der Waals surface area contributed by atoms with Gasteiger partial charge < -0.3 is 10.7 Å². The molecule has 0 atom stereocenters. The van der Waals surface area contributed by atoms with Gasteiger partial charge in [-0.3, -0.25) is 0 Å². The van der Waals surface area contributed by atoms with Gasteiger partial charge in [-0.25, -0.2) is 24.0 Å². The highest BCUT2D eigenvalue weighted by atomic mass is 19.1. The zero-order valence-corrected chi connectivity index (χ0v) is 9.92. The molecule has 0 spiro atoms. The van der Waals surface area contributed by atoms with Crippen LogP contribution in [0.4, 0.5) is 30.5 Å². The van der Waals surface area contributed by atoms with Crippen LogP contribution in [0.15, 0.2) is 24.3 Å². The van der Waals surface area contributed by atoms with Crippen molar-refractivity contribution in [2.45, 2.75) is 0 Å². The number of hydrazine groups is 1. The van der Waals surface area contributed by atoms with Gasteiger partial charge in [-0.1, -0.05) is 0 Å². The van der Waals surface area contributed by atoms with Gasteiger partial charge in [0.1, 0.15) is 11.9 Å². The molecule has 0 fully saturated rings. The average Bonchev–Trinajstić information content (AvgIpc) is 2.43. The van der Waals surface area contributed by atoms with E-state index in [1.807, 2.05) is 5.43 Å². The Morgan fingerprint density at radius 2 is 1.75 bits per heavy atom. The van der Waals surface area contributed by atoms with E-state index in [2.05, 4.69) is 10.3 Å². The van der Waals surface area contributed by atoms with Gasteiger partial charge in [-0.2, -0.15) is 5.26 Å². The zero-order chi connectivity index (χ0) is 14.7. The third-order valence-electron chi connectivity index (χ3n) is 2.42. The number of nitrogens with zero attached hydrogens (tertiary/aromatic N) is 2. The number of aromatic nitrogens is 1. The number of hydrogen-bond donors (Lipinski definition) is 3. The van der Waals surface area contributed by atoms with E-state index in [4.69, 9.17) is 11.1 Å². The molecule has 0 aliphatic carbocycles. The van der Waals surface area contributed by atoms with E-state index in [1.165, 1.54) is 12.1 Å². The smallest absolute Gasteiger partial charge is 0.178 e. The third-order valence-corrected chi connectivity index (χ3v) is 2.42. The molecule has 1 aromatic carbocycles. The van der Waals surface area contributed by atoms with Gasteiger partial charge >= 0.3 is 0 Å². The van der Waals surface area contributed by atoms with Crippen molar-refractivity contribution in [3.63, 3.8) is 0 Å². The van der Waals surface area contributed by atoms with Crippen LogP contribution in [0.2, 0.25) is 0 Å². The van der Waals surface area contributed by atoms with Crippen LogP contribution in [0.1, 0.15) is 5.56 Å². The van der Waals surface area contributed by atoms with Crippen LogP contribution in [-0.4, -0.2) is 4.98 Å². The molecule has 0 aliphatic heterocycles. The Hall–Kier alpha value is -2.79.